The fourth-order valence-corrected chi connectivity index (χ4v) is 2.22. The summed E-state index contributed by atoms with van der Waals surface area (Å²) in [6.45, 7) is 2.47. The smallest absolute Gasteiger partial charge is 0.322 e. The van der Waals surface area contributed by atoms with Crippen molar-refractivity contribution in [2.24, 2.45) is 13.0 Å². The Balaban J connectivity index is 1.89. The molecular formula is C14H24N4O2. The zero-order valence-electron chi connectivity index (χ0n) is 12.5. The van der Waals surface area contributed by atoms with Gasteiger partial charge in [0.25, 0.3) is 0 Å². The lowest BCUT2D eigenvalue weighted by atomic mass is 10.2. The summed E-state index contributed by atoms with van der Waals surface area (Å²) in [6.07, 6.45) is 3.66. The maximum absolute atomic E-state index is 12.1. The predicted octanol–water partition coefficient (Wildman–Crippen LogP) is 1.61. The summed E-state index contributed by atoms with van der Waals surface area (Å²) < 4.78 is 1.67. The summed E-state index contributed by atoms with van der Waals surface area (Å²) in [5.74, 6) is 1.06. The molecule has 0 radical (unpaired) electrons. The van der Waals surface area contributed by atoms with Crippen molar-refractivity contribution in [2.75, 3.05) is 18.9 Å². The summed E-state index contributed by atoms with van der Waals surface area (Å²) in [4.78, 5) is 13.6. The minimum absolute atomic E-state index is 0.212. The first kappa shape index (κ1) is 14.8. The standard InChI is InChI=1S/C14H24N4O2/c1-4-5-11-8-13(18(3)16-11)15-14(20)17(2)9-12(19)10-6-7-10/h8,10,12,19H,4-7,9H2,1-3H3,(H,15,20). The van der Waals surface area contributed by atoms with E-state index in [0.717, 1.165) is 31.4 Å². The van der Waals surface area contributed by atoms with Crippen molar-refractivity contribution in [2.45, 2.75) is 38.7 Å². The third-order valence-electron chi connectivity index (χ3n) is 3.65. The molecule has 0 saturated heterocycles. The Hall–Kier alpha value is -1.56. The highest BCUT2D eigenvalue weighted by atomic mass is 16.3. The molecule has 1 aliphatic rings. The van der Waals surface area contributed by atoms with Gasteiger partial charge >= 0.3 is 6.03 Å². The number of aryl methyl sites for hydroxylation is 2. The number of hydrogen-bond donors (Lipinski definition) is 2. The van der Waals surface area contributed by atoms with E-state index in [9.17, 15) is 9.90 Å². The molecule has 112 valence electrons. The Morgan fingerprint density at radius 3 is 2.95 bits per heavy atom. The second-order valence-electron chi connectivity index (χ2n) is 5.61. The Morgan fingerprint density at radius 2 is 2.35 bits per heavy atom. The van der Waals surface area contributed by atoms with Crippen molar-refractivity contribution < 1.29 is 9.90 Å². The average Bonchev–Trinajstić information content (AvgIpc) is 3.17. The van der Waals surface area contributed by atoms with Gasteiger partial charge in [-0.2, -0.15) is 5.10 Å². The van der Waals surface area contributed by atoms with Gasteiger partial charge in [-0.05, 0) is 25.2 Å². The number of nitrogens with zero attached hydrogens (tertiary/aromatic N) is 3. The van der Waals surface area contributed by atoms with Crippen LogP contribution in [0.4, 0.5) is 10.6 Å². The van der Waals surface area contributed by atoms with Gasteiger partial charge in [0, 0.05) is 26.7 Å². The van der Waals surface area contributed by atoms with E-state index in [2.05, 4.69) is 17.3 Å². The molecule has 0 bridgehead atoms. The summed E-state index contributed by atoms with van der Waals surface area (Å²) in [6, 6.07) is 1.68. The van der Waals surface area contributed by atoms with Crippen LogP contribution in [0.1, 0.15) is 31.9 Å². The van der Waals surface area contributed by atoms with Crippen molar-refractivity contribution in [3.8, 4) is 0 Å². The SMILES string of the molecule is CCCc1cc(NC(=O)N(C)CC(O)C2CC2)n(C)n1. The predicted molar refractivity (Wildman–Crippen MR) is 77.6 cm³/mol. The van der Waals surface area contributed by atoms with Crippen LogP contribution in [-0.4, -0.2) is 45.5 Å². The Morgan fingerprint density at radius 1 is 1.65 bits per heavy atom. The number of aliphatic hydroxyl groups excluding tert-OH is 1. The van der Waals surface area contributed by atoms with E-state index in [-0.39, 0.29) is 6.03 Å². The van der Waals surface area contributed by atoms with Gasteiger partial charge in [0.15, 0.2) is 0 Å². The van der Waals surface area contributed by atoms with Crippen LogP contribution in [0.3, 0.4) is 0 Å². The minimum atomic E-state index is -0.409. The molecule has 1 aromatic rings. The Bertz CT molecular complexity index is 468. The first-order valence-corrected chi connectivity index (χ1v) is 7.24. The topological polar surface area (TPSA) is 70.4 Å². The zero-order chi connectivity index (χ0) is 14.7. The molecule has 2 N–H and O–H groups in total. The lowest BCUT2D eigenvalue weighted by Gasteiger charge is -2.21. The summed E-state index contributed by atoms with van der Waals surface area (Å²) in [5, 5.41) is 17.0. The van der Waals surface area contributed by atoms with Crippen LogP contribution >= 0.6 is 0 Å². The number of aliphatic hydroxyl groups is 1. The van der Waals surface area contributed by atoms with E-state index in [1.54, 1.807) is 11.7 Å². The highest BCUT2D eigenvalue weighted by Crippen LogP contribution is 2.32. The first-order chi connectivity index (χ1) is 9.51. The number of rotatable bonds is 6. The van der Waals surface area contributed by atoms with Crippen LogP contribution in [0.15, 0.2) is 6.07 Å². The number of amides is 2. The van der Waals surface area contributed by atoms with Crippen LogP contribution < -0.4 is 5.32 Å². The van der Waals surface area contributed by atoms with Gasteiger partial charge in [-0.25, -0.2) is 4.79 Å². The molecule has 2 amide bonds. The molecule has 1 aromatic heterocycles. The fraction of sp³-hybridized carbons (Fsp3) is 0.714. The fourth-order valence-electron chi connectivity index (χ4n) is 2.22. The van der Waals surface area contributed by atoms with E-state index in [1.165, 1.54) is 4.90 Å². The molecule has 1 fully saturated rings. The molecule has 1 saturated carbocycles. The lowest BCUT2D eigenvalue weighted by molar-refractivity contribution is 0.117. The molecule has 1 atom stereocenters. The highest BCUT2D eigenvalue weighted by Gasteiger charge is 2.31. The normalized spacial score (nSPS) is 16.0. The number of nitrogens with one attached hydrogen (secondary N) is 1. The van der Waals surface area contributed by atoms with Crippen LogP contribution in [-0.2, 0) is 13.5 Å². The Kier molecular flexibility index (Phi) is 4.65. The monoisotopic (exact) mass is 280 g/mol. The van der Waals surface area contributed by atoms with E-state index < -0.39 is 6.10 Å². The van der Waals surface area contributed by atoms with E-state index in [4.69, 9.17) is 0 Å². The molecule has 2 rings (SSSR count). The van der Waals surface area contributed by atoms with E-state index >= 15 is 0 Å². The summed E-state index contributed by atoms with van der Waals surface area (Å²) in [7, 11) is 3.51. The summed E-state index contributed by atoms with van der Waals surface area (Å²) >= 11 is 0. The average molecular weight is 280 g/mol. The maximum Gasteiger partial charge on any atom is 0.322 e. The highest BCUT2D eigenvalue weighted by molar-refractivity contribution is 5.88. The van der Waals surface area contributed by atoms with E-state index in [0.29, 0.717) is 18.3 Å². The lowest BCUT2D eigenvalue weighted by Crippen LogP contribution is -2.38. The van der Waals surface area contributed by atoms with Gasteiger partial charge in [0.05, 0.1) is 11.8 Å². The van der Waals surface area contributed by atoms with Crippen LogP contribution in [0.25, 0.3) is 0 Å². The minimum Gasteiger partial charge on any atom is -0.391 e. The largest absolute Gasteiger partial charge is 0.391 e. The molecule has 1 aliphatic carbocycles. The number of urea groups is 1. The molecule has 1 heterocycles. The first-order valence-electron chi connectivity index (χ1n) is 7.24. The number of likely N-dealkylation sites (N-methyl/N-ethyl adjacent to an activating group) is 1. The third-order valence-corrected chi connectivity index (χ3v) is 3.65. The van der Waals surface area contributed by atoms with Gasteiger partial charge in [-0.3, -0.25) is 10.00 Å². The number of hydrogen-bond acceptors (Lipinski definition) is 3. The Labute approximate surface area is 119 Å². The van der Waals surface area contributed by atoms with Gasteiger partial charge in [0.2, 0.25) is 0 Å². The number of carbonyl (C=O) groups is 1. The van der Waals surface area contributed by atoms with E-state index in [1.807, 2.05) is 13.1 Å². The molecule has 0 aliphatic heterocycles. The molecule has 20 heavy (non-hydrogen) atoms. The molecular weight excluding hydrogens is 256 g/mol. The maximum atomic E-state index is 12.1. The molecule has 0 spiro atoms. The van der Waals surface area contributed by atoms with Crippen molar-refractivity contribution in [3.63, 3.8) is 0 Å². The third kappa shape index (κ3) is 3.72. The zero-order valence-corrected chi connectivity index (χ0v) is 12.5. The number of carbonyl (C=O) groups excluding carboxylic acids is 1. The van der Waals surface area contributed by atoms with Crippen LogP contribution in [0, 0.1) is 5.92 Å². The van der Waals surface area contributed by atoms with Gasteiger partial charge < -0.3 is 10.0 Å². The van der Waals surface area contributed by atoms with Crippen molar-refractivity contribution in [1.82, 2.24) is 14.7 Å². The van der Waals surface area contributed by atoms with Crippen molar-refractivity contribution in [3.05, 3.63) is 11.8 Å². The molecule has 6 nitrogen and oxygen atoms in total. The second-order valence-corrected chi connectivity index (χ2v) is 5.61. The quantitative estimate of drug-likeness (QED) is 0.831. The van der Waals surface area contributed by atoms with Gasteiger partial charge in [0.1, 0.15) is 5.82 Å². The van der Waals surface area contributed by atoms with Crippen molar-refractivity contribution >= 4 is 11.8 Å². The number of anilines is 1. The molecule has 1 unspecified atom stereocenters. The van der Waals surface area contributed by atoms with Crippen molar-refractivity contribution in [1.29, 1.82) is 0 Å². The molecule has 0 aromatic carbocycles. The van der Waals surface area contributed by atoms with Gasteiger partial charge in [-0.1, -0.05) is 13.3 Å². The second kappa shape index (κ2) is 6.26. The van der Waals surface area contributed by atoms with Gasteiger partial charge in [-0.15, -0.1) is 0 Å². The number of aromatic nitrogens is 2. The summed E-state index contributed by atoms with van der Waals surface area (Å²) in [5.41, 5.74) is 0.978. The van der Waals surface area contributed by atoms with Crippen LogP contribution in [0.2, 0.25) is 0 Å². The van der Waals surface area contributed by atoms with Crippen LogP contribution in [0.5, 0.6) is 0 Å². The molecule has 6 heteroatoms.